The molecular formula is C38H71N2O6P. The summed E-state index contributed by atoms with van der Waals surface area (Å²) in [6.45, 7) is 4.48. The lowest BCUT2D eigenvalue weighted by Gasteiger charge is -2.29. The number of aliphatic hydroxyl groups is 1. The predicted molar refractivity (Wildman–Crippen MR) is 196 cm³/mol. The number of amides is 1. The van der Waals surface area contributed by atoms with Gasteiger partial charge in [-0.1, -0.05) is 114 Å². The molecule has 0 saturated carbocycles. The summed E-state index contributed by atoms with van der Waals surface area (Å²) >= 11 is 0. The number of nitrogens with one attached hydrogen (secondary N) is 1. The van der Waals surface area contributed by atoms with Crippen molar-refractivity contribution in [3.8, 4) is 0 Å². The Hall–Kier alpha value is -1.54. The van der Waals surface area contributed by atoms with Gasteiger partial charge in [0.05, 0.1) is 39.9 Å². The normalized spacial score (nSPS) is 15.3. The summed E-state index contributed by atoms with van der Waals surface area (Å²) in [6.07, 6.45) is 35.9. The number of allylic oxidation sites excluding steroid dienone is 7. The third-order valence-electron chi connectivity index (χ3n) is 7.72. The van der Waals surface area contributed by atoms with Gasteiger partial charge in [0, 0.05) is 6.42 Å². The largest absolute Gasteiger partial charge is 0.756 e. The second-order valence-electron chi connectivity index (χ2n) is 13.5. The number of aliphatic hydroxyl groups excluding tert-OH is 1. The number of hydrogen-bond acceptors (Lipinski definition) is 6. The van der Waals surface area contributed by atoms with Gasteiger partial charge in [-0.2, -0.15) is 0 Å². The monoisotopic (exact) mass is 683 g/mol. The minimum Gasteiger partial charge on any atom is -0.756 e. The van der Waals surface area contributed by atoms with Crippen LogP contribution in [-0.4, -0.2) is 68.5 Å². The number of likely N-dealkylation sites (N-methyl/N-ethyl adjacent to an activating group) is 1. The summed E-state index contributed by atoms with van der Waals surface area (Å²) in [6, 6.07) is -0.910. The maximum atomic E-state index is 12.7. The van der Waals surface area contributed by atoms with Crippen LogP contribution >= 0.6 is 7.82 Å². The molecule has 0 radical (unpaired) electrons. The van der Waals surface area contributed by atoms with Gasteiger partial charge in [-0.15, -0.1) is 0 Å². The van der Waals surface area contributed by atoms with E-state index in [1.165, 1.54) is 44.9 Å². The van der Waals surface area contributed by atoms with E-state index in [1.807, 2.05) is 27.2 Å². The second kappa shape index (κ2) is 30.5. The molecule has 47 heavy (non-hydrogen) atoms. The van der Waals surface area contributed by atoms with Crippen LogP contribution in [0.3, 0.4) is 0 Å². The van der Waals surface area contributed by atoms with Gasteiger partial charge < -0.3 is 28.8 Å². The zero-order valence-electron chi connectivity index (χ0n) is 30.7. The van der Waals surface area contributed by atoms with Crippen LogP contribution in [0.2, 0.25) is 0 Å². The fourth-order valence-corrected chi connectivity index (χ4v) is 5.44. The van der Waals surface area contributed by atoms with Crippen molar-refractivity contribution in [2.75, 3.05) is 40.9 Å². The molecule has 2 N–H and O–H groups in total. The molecule has 1 amide bonds. The number of unbranched alkanes of at least 4 members (excludes halogenated alkanes) is 13. The quantitative estimate of drug-likeness (QED) is 0.0318. The van der Waals surface area contributed by atoms with Gasteiger partial charge in [-0.05, 0) is 64.2 Å². The molecule has 0 heterocycles. The van der Waals surface area contributed by atoms with E-state index in [2.05, 4.69) is 55.6 Å². The van der Waals surface area contributed by atoms with E-state index in [1.54, 1.807) is 6.08 Å². The van der Waals surface area contributed by atoms with Crippen molar-refractivity contribution in [2.24, 2.45) is 0 Å². The molecular weight excluding hydrogens is 611 g/mol. The lowest BCUT2D eigenvalue weighted by Crippen LogP contribution is -2.45. The summed E-state index contributed by atoms with van der Waals surface area (Å²) in [5.41, 5.74) is 0. The Bertz CT molecular complexity index is 912. The van der Waals surface area contributed by atoms with Gasteiger partial charge in [0.25, 0.3) is 7.82 Å². The maximum Gasteiger partial charge on any atom is 0.268 e. The van der Waals surface area contributed by atoms with E-state index in [0.717, 1.165) is 70.6 Å². The van der Waals surface area contributed by atoms with Gasteiger partial charge in [-0.25, -0.2) is 0 Å². The molecule has 0 bridgehead atoms. The summed E-state index contributed by atoms with van der Waals surface area (Å²) in [7, 11) is 1.22. The first-order valence-corrected chi connectivity index (χ1v) is 20.0. The number of phosphoric ester groups is 1. The highest BCUT2D eigenvalue weighted by molar-refractivity contribution is 7.45. The molecule has 3 atom stereocenters. The fraction of sp³-hybridized carbons (Fsp3) is 0.763. The van der Waals surface area contributed by atoms with Crippen molar-refractivity contribution in [1.29, 1.82) is 0 Å². The van der Waals surface area contributed by atoms with Crippen molar-refractivity contribution in [2.45, 2.75) is 148 Å². The Balaban J connectivity index is 4.63. The minimum absolute atomic E-state index is 0.0122. The van der Waals surface area contributed by atoms with Crippen molar-refractivity contribution < 1.29 is 32.9 Å². The first-order valence-electron chi connectivity index (χ1n) is 18.5. The van der Waals surface area contributed by atoms with Crippen LogP contribution in [-0.2, 0) is 18.4 Å². The first-order chi connectivity index (χ1) is 22.5. The number of quaternary nitrogens is 1. The molecule has 0 aromatic heterocycles. The second-order valence-corrected chi connectivity index (χ2v) is 15.0. The number of carbonyl (C=O) groups excluding carboxylic acids is 1. The van der Waals surface area contributed by atoms with E-state index in [0.29, 0.717) is 17.4 Å². The Morgan fingerprint density at radius 1 is 0.723 bits per heavy atom. The topological polar surface area (TPSA) is 108 Å². The van der Waals surface area contributed by atoms with Crippen LogP contribution in [0.15, 0.2) is 48.6 Å². The average Bonchev–Trinajstić information content (AvgIpc) is 3.01. The average molecular weight is 683 g/mol. The Kier molecular flexibility index (Phi) is 29.5. The number of nitrogens with zero attached hydrogens (tertiary/aromatic N) is 1. The fourth-order valence-electron chi connectivity index (χ4n) is 4.71. The lowest BCUT2D eigenvalue weighted by molar-refractivity contribution is -0.870. The van der Waals surface area contributed by atoms with E-state index in [9.17, 15) is 19.4 Å². The van der Waals surface area contributed by atoms with Crippen LogP contribution < -0.4 is 10.2 Å². The van der Waals surface area contributed by atoms with Crippen molar-refractivity contribution >= 4 is 13.7 Å². The summed E-state index contributed by atoms with van der Waals surface area (Å²) in [5.74, 6) is -0.226. The van der Waals surface area contributed by atoms with Crippen LogP contribution in [0.4, 0.5) is 0 Å². The third kappa shape index (κ3) is 32.8. The SMILES string of the molecule is CCC/C=C/CC/C=C/CC/C=C/C(O)C(COP(=O)([O-])OCC[N+](C)(C)C)NC(=O)CCCCCCC/C=C\CCCCCCC. The van der Waals surface area contributed by atoms with Crippen molar-refractivity contribution in [3.05, 3.63) is 48.6 Å². The molecule has 0 fully saturated rings. The van der Waals surface area contributed by atoms with E-state index in [4.69, 9.17) is 9.05 Å². The highest BCUT2D eigenvalue weighted by Crippen LogP contribution is 2.38. The number of rotatable bonds is 32. The van der Waals surface area contributed by atoms with Gasteiger partial charge in [0.1, 0.15) is 13.2 Å². The molecule has 8 nitrogen and oxygen atoms in total. The van der Waals surface area contributed by atoms with Gasteiger partial charge >= 0.3 is 0 Å². The molecule has 0 aliphatic rings. The molecule has 0 rings (SSSR count). The van der Waals surface area contributed by atoms with Gasteiger partial charge in [0.15, 0.2) is 0 Å². The lowest BCUT2D eigenvalue weighted by atomic mass is 10.1. The van der Waals surface area contributed by atoms with E-state index < -0.39 is 26.6 Å². The zero-order valence-corrected chi connectivity index (χ0v) is 31.6. The van der Waals surface area contributed by atoms with Crippen LogP contribution in [0, 0.1) is 0 Å². The zero-order chi connectivity index (χ0) is 35.1. The molecule has 0 aromatic rings. The number of hydrogen-bond donors (Lipinski definition) is 2. The maximum absolute atomic E-state index is 12.7. The molecule has 0 aliphatic heterocycles. The highest BCUT2D eigenvalue weighted by atomic mass is 31.2. The van der Waals surface area contributed by atoms with Gasteiger partial charge in [0.2, 0.25) is 5.91 Å². The molecule has 0 saturated heterocycles. The molecule has 274 valence electrons. The summed E-state index contributed by atoms with van der Waals surface area (Å²) in [5, 5.41) is 13.6. The smallest absolute Gasteiger partial charge is 0.268 e. The molecule has 9 heteroatoms. The van der Waals surface area contributed by atoms with Crippen LogP contribution in [0.5, 0.6) is 0 Å². The van der Waals surface area contributed by atoms with E-state index >= 15 is 0 Å². The number of phosphoric acid groups is 1. The Morgan fingerprint density at radius 2 is 1.23 bits per heavy atom. The third-order valence-corrected chi connectivity index (χ3v) is 8.68. The van der Waals surface area contributed by atoms with Crippen LogP contribution in [0.25, 0.3) is 0 Å². The molecule has 0 aliphatic carbocycles. The number of carbonyl (C=O) groups is 1. The van der Waals surface area contributed by atoms with E-state index in [-0.39, 0.29) is 12.5 Å². The summed E-state index contributed by atoms with van der Waals surface area (Å²) in [4.78, 5) is 25.1. The Morgan fingerprint density at radius 3 is 1.81 bits per heavy atom. The van der Waals surface area contributed by atoms with Crippen molar-refractivity contribution in [1.82, 2.24) is 5.32 Å². The summed E-state index contributed by atoms with van der Waals surface area (Å²) < 4.78 is 23.0. The molecule has 3 unspecified atom stereocenters. The van der Waals surface area contributed by atoms with Crippen LogP contribution in [0.1, 0.15) is 136 Å². The molecule has 0 aromatic carbocycles. The van der Waals surface area contributed by atoms with Crippen molar-refractivity contribution in [3.63, 3.8) is 0 Å². The van der Waals surface area contributed by atoms with Gasteiger partial charge in [-0.3, -0.25) is 9.36 Å². The Labute approximate surface area is 289 Å². The standard InChI is InChI=1S/C38H71N2O6P/c1-6-8-10-12-14-16-18-19-20-22-24-26-28-30-32-38(42)39-36(35-46-47(43,44)45-34-33-40(3,4)5)37(41)31-29-27-25-23-21-17-15-13-11-9-7-2/h11,13,18-19,21,23,29,31,36-37,41H,6-10,12,14-17,20,22,24-28,30,32-35H2,1-5H3,(H-,39,42,43,44)/b13-11+,19-18-,23-21+,31-29+. The first kappa shape index (κ1) is 45.5. The highest BCUT2D eigenvalue weighted by Gasteiger charge is 2.23. The predicted octanol–water partition coefficient (Wildman–Crippen LogP) is 8.72. The molecule has 0 spiro atoms. The minimum atomic E-state index is -4.59.